The fourth-order valence-electron chi connectivity index (χ4n) is 1.38. The monoisotopic (exact) mass is 361 g/mol. The number of nitrogens with one attached hydrogen (secondary N) is 2. The summed E-state index contributed by atoms with van der Waals surface area (Å²) in [5.41, 5.74) is 0. The van der Waals surface area contributed by atoms with Crippen LogP contribution in [0.1, 0.15) is 4.88 Å². The molecule has 2 heterocycles. The second kappa shape index (κ2) is 6.00. The van der Waals surface area contributed by atoms with Crippen LogP contribution in [0, 0.1) is 0 Å². The molecule has 0 aliphatic carbocycles. The van der Waals surface area contributed by atoms with E-state index < -0.39 is 10.0 Å². The van der Waals surface area contributed by atoms with Crippen molar-refractivity contribution in [3.63, 3.8) is 0 Å². The van der Waals surface area contributed by atoms with E-state index in [1.165, 1.54) is 23.6 Å². The number of anilines is 1. The molecule has 19 heavy (non-hydrogen) atoms. The van der Waals surface area contributed by atoms with E-state index >= 15 is 0 Å². The predicted octanol–water partition coefficient (Wildman–Crippen LogP) is 2.43. The lowest BCUT2D eigenvalue weighted by Gasteiger charge is -2.06. The van der Waals surface area contributed by atoms with E-state index in [0.29, 0.717) is 5.82 Å². The average Bonchev–Trinajstić information content (AvgIpc) is 2.82. The Morgan fingerprint density at radius 3 is 2.68 bits per heavy atom. The van der Waals surface area contributed by atoms with Crippen LogP contribution in [0.2, 0.25) is 0 Å². The van der Waals surface area contributed by atoms with Crippen molar-refractivity contribution >= 4 is 43.1 Å². The summed E-state index contributed by atoms with van der Waals surface area (Å²) in [5, 5.41) is 4.74. The minimum atomic E-state index is -3.53. The van der Waals surface area contributed by atoms with Crippen LogP contribution in [-0.4, -0.2) is 20.4 Å². The van der Waals surface area contributed by atoms with Gasteiger partial charge in [-0.3, -0.25) is 0 Å². The molecular formula is C11H12BrN3O2S2. The molecule has 0 bridgehead atoms. The lowest BCUT2D eigenvalue weighted by atomic mass is 10.5. The predicted molar refractivity (Wildman–Crippen MR) is 79.8 cm³/mol. The summed E-state index contributed by atoms with van der Waals surface area (Å²) in [5.74, 6) is 0.625. The zero-order valence-electron chi connectivity index (χ0n) is 10.1. The normalized spacial score (nSPS) is 11.5. The fourth-order valence-corrected chi connectivity index (χ4v) is 3.85. The van der Waals surface area contributed by atoms with Gasteiger partial charge in [-0.05, 0) is 39.5 Å². The van der Waals surface area contributed by atoms with Gasteiger partial charge in [0.05, 0.1) is 0 Å². The summed E-state index contributed by atoms with van der Waals surface area (Å²) in [6.07, 6.45) is 1.33. The van der Waals surface area contributed by atoms with Gasteiger partial charge in [-0.1, -0.05) is 0 Å². The summed E-state index contributed by atoms with van der Waals surface area (Å²) in [6, 6.07) is 5.03. The van der Waals surface area contributed by atoms with Crippen LogP contribution in [0.5, 0.6) is 0 Å². The smallest absolute Gasteiger partial charge is 0.242 e. The van der Waals surface area contributed by atoms with E-state index in [2.05, 4.69) is 31.0 Å². The number of thiophene rings is 1. The largest absolute Gasteiger partial charge is 0.373 e. The van der Waals surface area contributed by atoms with Crippen molar-refractivity contribution in [2.75, 3.05) is 12.4 Å². The molecule has 0 aliphatic rings. The fraction of sp³-hybridized carbons (Fsp3) is 0.182. The molecule has 8 heteroatoms. The van der Waals surface area contributed by atoms with Crippen molar-refractivity contribution in [3.8, 4) is 0 Å². The first-order valence-corrected chi connectivity index (χ1v) is 8.54. The van der Waals surface area contributed by atoms with Crippen LogP contribution < -0.4 is 10.0 Å². The van der Waals surface area contributed by atoms with Crippen molar-refractivity contribution in [3.05, 3.63) is 39.1 Å². The molecule has 0 saturated carbocycles. The van der Waals surface area contributed by atoms with Gasteiger partial charge in [-0.25, -0.2) is 18.1 Å². The standard InChI is InChI=1S/C11H12BrN3O2S2/c1-13-11-3-2-8(6-14-11)19(16,17)15-7-10-9(12)4-5-18-10/h2-6,15H,7H2,1H3,(H,13,14). The minimum absolute atomic E-state index is 0.152. The first-order valence-electron chi connectivity index (χ1n) is 5.38. The summed E-state index contributed by atoms with van der Waals surface area (Å²) in [7, 11) is -1.81. The molecule has 5 nitrogen and oxygen atoms in total. The number of hydrogen-bond donors (Lipinski definition) is 2. The van der Waals surface area contributed by atoms with E-state index in [1.54, 1.807) is 13.1 Å². The summed E-state index contributed by atoms with van der Waals surface area (Å²) in [4.78, 5) is 5.07. The topological polar surface area (TPSA) is 71.1 Å². The van der Waals surface area contributed by atoms with E-state index in [-0.39, 0.29) is 11.4 Å². The van der Waals surface area contributed by atoms with Gasteiger partial charge in [0.1, 0.15) is 10.7 Å². The molecule has 0 aromatic carbocycles. The van der Waals surface area contributed by atoms with Crippen LogP contribution in [0.25, 0.3) is 0 Å². The lowest BCUT2D eigenvalue weighted by molar-refractivity contribution is 0.581. The molecule has 0 spiro atoms. The Balaban J connectivity index is 2.11. The highest BCUT2D eigenvalue weighted by Crippen LogP contribution is 2.22. The molecule has 2 N–H and O–H groups in total. The van der Waals surface area contributed by atoms with Gasteiger partial charge >= 0.3 is 0 Å². The van der Waals surface area contributed by atoms with E-state index in [9.17, 15) is 8.42 Å². The van der Waals surface area contributed by atoms with Crippen LogP contribution >= 0.6 is 27.3 Å². The highest BCUT2D eigenvalue weighted by atomic mass is 79.9. The van der Waals surface area contributed by atoms with Gasteiger partial charge in [0.2, 0.25) is 10.0 Å². The van der Waals surface area contributed by atoms with Gasteiger partial charge in [0.15, 0.2) is 0 Å². The number of pyridine rings is 1. The Morgan fingerprint density at radius 1 is 1.37 bits per heavy atom. The molecule has 2 rings (SSSR count). The van der Waals surface area contributed by atoms with Crippen molar-refractivity contribution in [2.45, 2.75) is 11.4 Å². The van der Waals surface area contributed by atoms with Crippen molar-refractivity contribution < 1.29 is 8.42 Å². The lowest BCUT2D eigenvalue weighted by Crippen LogP contribution is -2.23. The maximum atomic E-state index is 12.1. The molecule has 0 saturated heterocycles. The van der Waals surface area contributed by atoms with E-state index in [4.69, 9.17) is 0 Å². The molecular weight excluding hydrogens is 350 g/mol. The first-order chi connectivity index (χ1) is 9.03. The zero-order valence-corrected chi connectivity index (χ0v) is 13.3. The van der Waals surface area contributed by atoms with Crippen LogP contribution in [-0.2, 0) is 16.6 Å². The van der Waals surface area contributed by atoms with Crippen molar-refractivity contribution in [1.82, 2.24) is 9.71 Å². The molecule has 0 radical (unpaired) electrons. The number of halogens is 1. The molecule has 0 fully saturated rings. The van der Waals surface area contributed by atoms with Gasteiger partial charge in [-0.15, -0.1) is 11.3 Å². The van der Waals surface area contributed by atoms with Gasteiger partial charge < -0.3 is 5.32 Å². The zero-order chi connectivity index (χ0) is 13.9. The Morgan fingerprint density at radius 2 is 2.16 bits per heavy atom. The molecule has 0 aliphatic heterocycles. The SMILES string of the molecule is CNc1ccc(S(=O)(=O)NCc2sccc2Br)cn1. The van der Waals surface area contributed by atoms with E-state index in [1.807, 2.05) is 11.4 Å². The molecule has 0 atom stereocenters. The average molecular weight is 362 g/mol. The quantitative estimate of drug-likeness (QED) is 0.857. The third-order valence-corrected chi connectivity index (χ3v) is 5.73. The van der Waals surface area contributed by atoms with Gasteiger partial charge in [0, 0.05) is 29.1 Å². The molecule has 2 aromatic heterocycles. The van der Waals surface area contributed by atoms with Crippen LogP contribution in [0.3, 0.4) is 0 Å². The highest BCUT2D eigenvalue weighted by molar-refractivity contribution is 9.10. The number of sulfonamides is 1. The Labute approximate surface area is 124 Å². The highest BCUT2D eigenvalue weighted by Gasteiger charge is 2.15. The molecule has 2 aromatic rings. The summed E-state index contributed by atoms with van der Waals surface area (Å²) < 4.78 is 27.6. The number of aromatic nitrogens is 1. The number of hydrogen-bond acceptors (Lipinski definition) is 5. The number of rotatable bonds is 5. The Hall–Kier alpha value is -0.960. The second-order valence-electron chi connectivity index (χ2n) is 3.65. The van der Waals surface area contributed by atoms with Gasteiger partial charge in [0.25, 0.3) is 0 Å². The minimum Gasteiger partial charge on any atom is -0.373 e. The van der Waals surface area contributed by atoms with Crippen molar-refractivity contribution in [1.29, 1.82) is 0 Å². The first kappa shape index (κ1) is 14.4. The van der Waals surface area contributed by atoms with Gasteiger partial charge in [-0.2, -0.15) is 0 Å². The second-order valence-corrected chi connectivity index (χ2v) is 7.27. The maximum Gasteiger partial charge on any atom is 0.242 e. The Bertz CT molecular complexity index is 653. The molecule has 0 amide bonds. The summed E-state index contributed by atoms with van der Waals surface area (Å²) >= 11 is 4.86. The molecule has 102 valence electrons. The summed E-state index contributed by atoms with van der Waals surface area (Å²) in [6.45, 7) is 0.258. The third kappa shape index (κ3) is 3.53. The van der Waals surface area contributed by atoms with Crippen LogP contribution in [0.15, 0.2) is 39.1 Å². The number of nitrogens with zero attached hydrogens (tertiary/aromatic N) is 1. The third-order valence-electron chi connectivity index (χ3n) is 2.42. The Kier molecular flexibility index (Phi) is 4.56. The maximum absolute atomic E-state index is 12.1. The molecule has 0 unspecified atom stereocenters. The van der Waals surface area contributed by atoms with E-state index in [0.717, 1.165) is 9.35 Å². The van der Waals surface area contributed by atoms with Crippen LogP contribution in [0.4, 0.5) is 5.82 Å². The van der Waals surface area contributed by atoms with Crippen molar-refractivity contribution in [2.24, 2.45) is 0 Å².